The van der Waals surface area contributed by atoms with E-state index in [4.69, 9.17) is 0 Å². The summed E-state index contributed by atoms with van der Waals surface area (Å²) in [6.45, 7) is 5.83. The van der Waals surface area contributed by atoms with Crippen LogP contribution in [-0.2, 0) is 0 Å². The van der Waals surface area contributed by atoms with Gasteiger partial charge in [-0.15, -0.1) is 22.7 Å². The summed E-state index contributed by atoms with van der Waals surface area (Å²) in [6.07, 6.45) is 0.936. The summed E-state index contributed by atoms with van der Waals surface area (Å²) in [5.41, 5.74) is 0. The van der Waals surface area contributed by atoms with E-state index in [1.165, 1.54) is 20.1 Å². The zero-order chi connectivity index (χ0) is 15.9. The number of rotatable bonds is 6. The topological polar surface area (TPSA) is 60.8 Å². The maximum Gasteiger partial charge on any atom is 0.160 e. The van der Waals surface area contributed by atoms with Gasteiger partial charge in [0.25, 0.3) is 0 Å². The summed E-state index contributed by atoms with van der Waals surface area (Å²) < 4.78 is 0. The van der Waals surface area contributed by atoms with Crippen LogP contribution in [0, 0.1) is 0 Å². The van der Waals surface area contributed by atoms with Crippen molar-refractivity contribution in [3.8, 4) is 9.75 Å². The molecule has 0 unspecified atom stereocenters. The second-order valence-corrected chi connectivity index (χ2v) is 12.3. The second-order valence-electron chi connectivity index (χ2n) is 5.90. The van der Waals surface area contributed by atoms with Gasteiger partial charge in [0.05, 0.1) is 23.1 Å². The molecule has 4 nitrogen and oxygen atoms in total. The highest BCUT2D eigenvalue weighted by atomic mass is 32.1. The molecule has 0 radical (unpaired) electrons. The van der Waals surface area contributed by atoms with E-state index in [-0.39, 0.29) is 13.2 Å². The molecule has 2 aromatic heterocycles. The number of carbonyl (C=O) groups excluding carboxylic acids is 1. The fourth-order valence-corrected chi connectivity index (χ4v) is 10.1. The second kappa shape index (κ2) is 5.90. The highest BCUT2D eigenvalue weighted by molar-refractivity contribution is 7.31. The van der Waals surface area contributed by atoms with Crippen molar-refractivity contribution in [1.82, 2.24) is 0 Å². The molecule has 0 atom stereocenters. The third-order valence-corrected chi connectivity index (χ3v) is 10.5. The van der Waals surface area contributed by atoms with Crippen molar-refractivity contribution < 1.29 is 15.0 Å². The van der Waals surface area contributed by atoms with Gasteiger partial charge in [-0.1, -0.05) is 13.1 Å². The molecule has 118 valence electrons. The van der Waals surface area contributed by atoms with Crippen LogP contribution >= 0.6 is 22.7 Å². The summed E-state index contributed by atoms with van der Waals surface area (Å²) in [7, 11) is -1.74. The lowest BCUT2D eigenvalue weighted by atomic mass is 10.3. The summed E-state index contributed by atoms with van der Waals surface area (Å²) in [4.78, 5) is 16.4. The van der Waals surface area contributed by atoms with E-state index >= 15 is 0 Å². The molecule has 2 N–H and O–H groups in total. The number of carbonyl (C=O) groups is 1. The van der Waals surface area contributed by atoms with Crippen LogP contribution in [0.5, 0.6) is 0 Å². The molecule has 0 spiro atoms. The first-order valence-electron chi connectivity index (χ1n) is 7.23. The predicted molar refractivity (Wildman–Crippen MR) is 96.2 cm³/mol. The molecule has 1 aliphatic rings. The number of aliphatic hydroxyl groups excluding tert-OH is 2. The van der Waals surface area contributed by atoms with Crippen LogP contribution in [0.1, 0.15) is 9.67 Å². The van der Waals surface area contributed by atoms with Gasteiger partial charge in [0, 0.05) is 22.8 Å². The molecule has 7 heteroatoms. The predicted octanol–water partition coefficient (Wildman–Crippen LogP) is 1.22. The highest BCUT2D eigenvalue weighted by Gasteiger charge is 2.41. The van der Waals surface area contributed by atoms with E-state index in [0.717, 1.165) is 16.2 Å². The number of hydrogen-bond donors (Lipinski definition) is 2. The van der Waals surface area contributed by atoms with E-state index in [1.807, 2.05) is 4.90 Å². The molecule has 2 aromatic rings. The largest absolute Gasteiger partial charge is 0.395 e. The molecule has 0 amide bonds. The Kier molecular flexibility index (Phi) is 4.26. The fourth-order valence-electron chi connectivity index (χ4n) is 2.99. The van der Waals surface area contributed by atoms with Crippen LogP contribution in [0.3, 0.4) is 0 Å². The Morgan fingerprint density at radius 2 is 1.68 bits per heavy atom. The number of aldehydes is 1. The van der Waals surface area contributed by atoms with Crippen LogP contribution in [0.2, 0.25) is 13.1 Å². The van der Waals surface area contributed by atoms with Crippen LogP contribution in [0.4, 0.5) is 5.00 Å². The average Bonchev–Trinajstić information content (AvgIpc) is 3.14. The lowest BCUT2D eigenvalue weighted by molar-refractivity contribution is 0.112. The van der Waals surface area contributed by atoms with Crippen molar-refractivity contribution in [2.45, 2.75) is 13.1 Å². The van der Waals surface area contributed by atoms with E-state index in [1.54, 1.807) is 22.7 Å². The first kappa shape index (κ1) is 15.9. The lowest BCUT2D eigenvalue weighted by Gasteiger charge is -2.21. The Morgan fingerprint density at radius 1 is 1.09 bits per heavy atom. The molecule has 0 fully saturated rings. The molecule has 1 aliphatic heterocycles. The van der Waals surface area contributed by atoms with Gasteiger partial charge < -0.3 is 15.1 Å². The van der Waals surface area contributed by atoms with Crippen molar-refractivity contribution in [2.24, 2.45) is 0 Å². The number of fused-ring (bicyclic) bond motifs is 3. The maximum atomic E-state index is 11.1. The van der Waals surface area contributed by atoms with E-state index < -0.39 is 8.07 Å². The van der Waals surface area contributed by atoms with Gasteiger partial charge in [-0.05, 0) is 22.5 Å². The van der Waals surface area contributed by atoms with Crippen molar-refractivity contribution in [1.29, 1.82) is 0 Å². The van der Waals surface area contributed by atoms with Gasteiger partial charge in [-0.2, -0.15) is 0 Å². The van der Waals surface area contributed by atoms with Crippen LogP contribution < -0.4 is 15.3 Å². The number of nitrogens with zero attached hydrogens (tertiary/aromatic N) is 1. The number of thiophene rings is 2. The van der Waals surface area contributed by atoms with Gasteiger partial charge in [0.2, 0.25) is 0 Å². The van der Waals surface area contributed by atoms with E-state index in [0.29, 0.717) is 13.1 Å². The monoisotopic (exact) mass is 353 g/mol. The fraction of sp³-hybridized carbons (Fsp3) is 0.400. The van der Waals surface area contributed by atoms with Gasteiger partial charge in [-0.3, -0.25) is 4.79 Å². The maximum absolute atomic E-state index is 11.1. The lowest BCUT2D eigenvalue weighted by Crippen LogP contribution is -2.48. The number of aliphatic hydroxyl groups is 2. The summed E-state index contributed by atoms with van der Waals surface area (Å²) in [5, 5.41) is 22.3. The zero-order valence-electron chi connectivity index (χ0n) is 12.6. The highest BCUT2D eigenvalue weighted by Crippen LogP contribution is 2.41. The Bertz CT molecular complexity index is 702. The summed E-state index contributed by atoms with van der Waals surface area (Å²) in [5.74, 6) is 0. The summed E-state index contributed by atoms with van der Waals surface area (Å²) >= 11 is 3.29. The van der Waals surface area contributed by atoms with Gasteiger partial charge in [-0.25, -0.2) is 0 Å². The number of anilines is 1. The van der Waals surface area contributed by atoms with Gasteiger partial charge in [0.1, 0.15) is 8.07 Å². The van der Waals surface area contributed by atoms with Crippen molar-refractivity contribution in [3.05, 3.63) is 17.0 Å². The molecule has 0 saturated carbocycles. The first-order valence-corrected chi connectivity index (χ1v) is 11.9. The van der Waals surface area contributed by atoms with Crippen LogP contribution in [-0.4, -0.2) is 50.9 Å². The minimum absolute atomic E-state index is 0.0724. The summed E-state index contributed by atoms with van der Waals surface area (Å²) in [6, 6.07) is 4.29. The molecule has 3 rings (SSSR count). The quantitative estimate of drug-likeness (QED) is 0.605. The Morgan fingerprint density at radius 3 is 2.27 bits per heavy atom. The Hall–Kier alpha value is -0.993. The SMILES string of the molecule is C[Si]1(C)c2cc(C=O)sc2-c2sc(N(CCO)CCO)cc21. The smallest absolute Gasteiger partial charge is 0.160 e. The van der Waals surface area contributed by atoms with Gasteiger partial charge in [0.15, 0.2) is 6.29 Å². The molecule has 3 heterocycles. The molecular formula is C15H19NO3S2Si. The van der Waals surface area contributed by atoms with Crippen LogP contribution in [0.15, 0.2) is 12.1 Å². The van der Waals surface area contributed by atoms with Crippen LogP contribution in [0.25, 0.3) is 9.75 Å². The third kappa shape index (κ3) is 2.37. The van der Waals surface area contributed by atoms with Crippen molar-refractivity contribution in [2.75, 3.05) is 31.2 Å². The van der Waals surface area contributed by atoms with Gasteiger partial charge >= 0.3 is 0 Å². The minimum Gasteiger partial charge on any atom is -0.395 e. The Labute approximate surface area is 138 Å². The molecule has 0 aromatic carbocycles. The van der Waals surface area contributed by atoms with Crippen molar-refractivity contribution >= 4 is 52.4 Å². The molecule has 0 aliphatic carbocycles. The zero-order valence-corrected chi connectivity index (χ0v) is 15.3. The number of hydrogen-bond acceptors (Lipinski definition) is 6. The average molecular weight is 354 g/mol. The van der Waals surface area contributed by atoms with E-state index in [2.05, 4.69) is 25.2 Å². The standard InChI is InChI=1S/C15H19NO3S2Si/c1-22(2)11-7-10(9-19)20-14(11)15-12(22)8-13(21-15)16(3-5-17)4-6-18/h7-9,17-18H,3-6H2,1-2H3. The third-order valence-electron chi connectivity index (χ3n) is 4.19. The molecule has 0 saturated heterocycles. The van der Waals surface area contributed by atoms with E-state index in [9.17, 15) is 15.0 Å². The minimum atomic E-state index is -1.74. The normalized spacial score (nSPS) is 14.7. The molecular weight excluding hydrogens is 334 g/mol. The molecule has 0 bridgehead atoms. The van der Waals surface area contributed by atoms with Crippen molar-refractivity contribution in [3.63, 3.8) is 0 Å². The Balaban J connectivity index is 2.06. The first-order chi connectivity index (χ1) is 10.5. The molecule has 22 heavy (non-hydrogen) atoms.